The number of imidazole rings is 1. The van der Waals surface area contributed by atoms with Crippen molar-refractivity contribution in [1.29, 1.82) is 0 Å². The Bertz CT molecular complexity index is 1060. The smallest absolute Gasteiger partial charge is 0.257 e. The van der Waals surface area contributed by atoms with Crippen LogP contribution < -0.4 is 5.32 Å². The van der Waals surface area contributed by atoms with Crippen molar-refractivity contribution in [2.75, 3.05) is 0 Å². The molecule has 4 rings (SSSR count). The van der Waals surface area contributed by atoms with Gasteiger partial charge >= 0.3 is 0 Å². The molecule has 0 atom stereocenters. The number of aryl methyl sites for hydroxylation is 1. The van der Waals surface area contributed by atoms with E-state index in [0.717, 1.165) is 0 Å². The van der Waals surface area contributed by atoms with Crippen molar-refractivity contribution >= 4 is 23.2 Å². The normalized spacial score (nSPS) is 11.1. The second-order valence-corrected chi connectivity index (χ2v) is 5.82. The standard InChI is InChI=1S/C16H13ClN6O2/c1-22-6-7-23-16(22)11(8-19-23)15(24)18-9-13-20-14(21-25-13)10-4-2-3-5-12(10)17/h2-8H,9H2,1H3,(H,18,24). The molecule has 8 nitrogen and oxygen atoms in total. The van der Waals surface area contributed by atoms with Crippen LogP contribution in [0.3, 0.4) is 0 Å². The van der Waals surface area contributed by atoms with Crippen LogP contribution in [-0.2, 0) is 13.6 Å². The number of hydrogen-bond acceptors (Lipinski definition) is 5. The van der Waals surface area contributed by atoms with Crippen LogP contribution in [0.25, 0.3) is 17.0 Å². The lowest BCUT2D eigenvalue weighted by Crippen LogP contribution is -2.23. The third-order valence-electron chi connectivity index (χ3n) is 3.76. The summed E-state index contributed by atoms with van der Waals surface area (Å²) in [5.41, 5.74) is 1.85. The first-order chi connectivity index (χ1) is 12.1. The fourth-order valence-electron chi connectivity index (χ4n) is 2.54. The second-order valence-electron chi connectivity index (χ2n) is 5.41. The van der Waals surface area contributed by atoms with E-state index in [1.54, 1.807) is 22.8 Å². The maximum Gasteiger partial charge on any atom is 0.257 e. The van der Waals surface area contributed by atoms with E-state index < -0.39 is 0 Å². The molecule has 1 amide bonds. The zero-order valence-electron chi connectivity index (χ0n) is 13.2. The first-order valence-electron chi connectivity index (χ1n) is 7.48. The highest BCUT2D eigenvalue weighted by Crippen LogP contribution is 2.24. The summed E-state index contributed by atoms with van der Waals surface area (Å²) < 4.78 is 8.64. The van der Waals surface area contributed by atoms with Gasteiger partial charge in [0.25, 0.3) is 5.91 Å². The molecule has 1 N–H and O–H groups in total. The quantitative estimate of drug-likeness (QED) is 0.606. The Morgan fingerprint density at radius 3 is 3.00 bits per heavy atom. The van der Waals surface area contributed by atoms with Gasteiger partial charge in [-0.15, -0.1) is 0 Å². The molecule has 126 valence electrons. The van der Waals surface area contributed by atoms with Gasteiger partial charge in [-0.05, 0) is 12.1 Å². The number of benzene rings is 1. The maximum absolute atomic E-state index is 12.4. The molecule has 3 aromatic heterocycles. The van der Waals surface area contributed by atoms with Crippen LogP contribution in [0.15, 0.2) is 47.4 Å². The van der Waals surface area contributed by atoms with Crippen LogP contribution in [0, 0.1) is 0 Å². The molecule has 0 radical (unpaired) electrons. The fraction of sp³-hybridized carbons (Fsp3) is 0.125. The van der Waals surface area contributed by atoms with Crippen molar-refractivity contribution in [2.45, 2.75) is 6.54 Å². The number of aromatic nitrogens is 5. The lowest BCUT2D eigenvalue weighted by atomic mass is 10.2. The van der Waals surface area contributed by atoms with Crippen LogP contribution in [0.5, 0.6) is 0 Å². The number of fused-ring (bicyclic) bond motifs is 1. The first kappa shape index (κ1) is 15.4. The largest absolute Gasteiger partial charge is 0.343 e. The Morgan fingerprint density at radius 1 is 1.32 bits per heavy atom. The highest BCUT2D eigenvalue weighted by Gasteiger charge is 2.17. The highest BCUT2D eigenvalue weighted by molar-refractivity contribution is 6.33. The fourth-order valence-corrected chi connectivity index (χ4v) is 2.76. The number of rotatable bonds is 4. The van der Waals surface area contributed by atoms with Gasteiger partial charge in [-0.25, -0.2) is 4.52 Å². The molecule has 1 aromatic carbocycles. The average Bonchev–Trinajstić information content (AvgIpc) is 3.31. The lowest BCUT2D eigenvalue weighted by molar-refractivity contribution is 0.0947. The number of hydrogen-bond donors (Lipinski definition) is 1. The molecular weight excluding hydrogens is 344 g/mol. The van der Waals surface area contributed by atoms with Crippen molar-refractivity contribution in [3.63, 3.8) is 0 Å². The topological polar surface area (TPSA) is 90.2 Å². The molecule has 0 unspecified atom stereocenters. The summed E-state index contributed by atoms with van der Waals surface area (Å²) in [6.07, 6.45) is 5.13. The van der Waals surface area contributed by atoms with Gasteiger partial charge in [-0.1, -0.05) is 28.9 Å². The van der Waals surface area contributed by atoms with Gasteiger partial charge in [0.2, 0.25) is 11.7 Å². The third-order valence-corrected chi connectivity index (χ3v) is 4.09. The van der Waals surface area contributed by atoms with Crippen molar-refractivity contribution in [2.24, 2.45) is 7.05 Å². The van der Waals surface area contributed by atoms with E-state index in [0.29, 0.717) is 33.5 Å². The Kier molecular flexibility index (Phi) is 3.73. The number of amides is 1. The summed E-state index contributed by atoms with van der Waals surface area (Å²) >= 11 is 6.12. The second kappa shape index (κ2) is 6.06. The van der Waals surface area contributed by atoms with E-state index in [4.69, 9.17) is 16.1 Å². The van der Waals surface area contributed by atoms with Gasteiger partial charge in [-0.2, -0.15) is 10.1 Å². The van der Waals surface area contributed by atoms with Gasteiger partial charge in [0.15, 0.2) is 0 Å². The predicted molar refractivity (Wildman–Crippen MR) is 90.1 cm³/mol. The monoisotopic (exact) mass is 356 g/mol. The van der Waals surface area contributed by atoms with Crippen LogP contribution in [-0.4, -0.2) is 30.2 Å². The van der Waals surface area contributed by atoms with Crippen molar-refractivity contribution in [3.05, 3.63) is 59.3 Å². The Balaban J connectivity index is 1.49. The summed E-state index contributed by atoms with van der Waals surface area (Å²) in [7, 11) is 1.85. The Morgan fingerprint density at radius 2 is 2.16 bits per heavy atom. The molecule has 0 spiro atoms. The zero-order chi connectivity index (χ0) is 17.4. The van der Waals surface area contributed by atoms with Crippen LogP contribution in [0.4, 0.5) is 0 Å². The number of carbonyl (C=O) groups excluding carboxylic acids is 1. The predicted octanol–water partition coefficient (Wildman–Crippen LogP) is 2.31. The van der Waals surface area contributed by atoms with Gasteiger partial charge in [0.1, 0.15) is 11.2 Å². The lowest BCUT2D eigenvalue weighted by Gasteiger charge is -2.01. The summed E-state index contributed by atoms with van der Waals surface area (Å²) in [5.74, 6) is 0.401. The highest BCUT2D eigenvalue weighted by atomic mass is 35.5. The number of carbonyl (C=O) groups is 1. The van der Waals surface area contributed by atoms with Gasteiger partial charge in [0, 0.05) is 25.0 Å². The van der Waals surface area contributed by atoms with Gasteiger partial charge < -0.3 is 14.4 Å². The SMILES string of the molecule is Cn1ccn2ncc(C(=O)NCc3nc(-c4ccccc4Cl)no3)c12. The summed E-state index contributed by atoms with van der Waals surface area (Å²) in [6, 6.07) is 7.21. The minimum atomic E-state index is -0.269. The molecule has 0 aliphatic carbocycles. The molecule has 25 heavy (non-hydrogen) atoms. The van der Waals surface area contributed by atoms with Crippen LogP contribution in [0.2, 0.25) is 5.02 Å². The summed E-state index contributed by atoms with van der Waals surface area (Å²) in [4.78, 5) is 16.6. The van der Waals surface area contributed by atoms with E-state index in [2.05, 4.69) is 20.6 Å². The Labute approximate surface area is 147 Å². The number of nitrogens with zero attached hydrogens (tertiary/aromatic N) is 5. The molecular formula is C16H13ClN6O2. The minimum absolute atomic E-state index is 0.109. The van der Waals surface area contributed by atoms with Crippen LogP contribution >= 0.6 is 11.6 Å². The van der Waals surface area contributed by atoms with E-state index >= 15 is 0 Å². The molecule has 0 fully saturated rings. The summed E-state index contributed by atoms with van der Waals surface area (Å²) in [5, 5.41) is 11.3. The van der Waals surface area contributed by atoms with Crippen molar-refractivity contribution < 1.29 is 9.32 Å². The Hall–Kier alpha value is -3.13. The van der Waals surface area contributed by atoms with Gasteiger partial charge in [-0.3, -0.25) is 4.79 Å². The van der Waals surface area contributed by atoms with E-state index in [-0.39, 0.29) is 12.5 Å². The van der Waals surface area contributed by atoms with E-state index in [9.17, 15) is 4.79 Å². The minimum Gasteiger partial charge on any atom is -0.343 e. The number of nitrogens with one attached hydrogen (secondary N) is 1. The third kappa shape index (κ3) is 2.76. The molecule has 0 aliphatic heterocycles. The van der Waals surface area contributed by atoms with Crippen LogP contribution in [0.1, 0.15) is 16.2 Å². The molecule has 3 heterocycles. The van der Waals surface area contributed by atoms with E-state index in [1.807, 2.05) is 29.9 Å². The molecule has 9 heteroatoms. The molecule has 0 aliphatic rings. The van der Waals surface area contributed by atoms with Crippen molar-refractivity contribution in [3.8, 4) is 11.4 Å². The molecule has 0 saturated heterocycles. The molecule has 0 saturated carbocycles. The zero-order valence-corrected chi connectivity index (χ0v) is 13.9. The van der Waals surface area contributed by atoms with Gasteiger partial charge in [0.05, 0.1) is 17.8 Å². The average molecular weight is 357 g/mol. The van der Waals surface area contributed by atoms with E-state index in [1.165, 1.54) is 6.20 Å². The maximum atomic E-state index is 12.4. The molecule has 0 bridgehead atoms. The number of halogens is 1. The first-order valence-corrected chi connectivity index (χ1v) is 7.85. The van der Waals surface area contributed by atoms with Crippen molar-refractivity contribution in [1.82, 2.24) is 29.6 Å². The molecule has 4 aromatic rings. The summed E-state index contributed by atoms with van der Waals surface area (Å²) in [6.45, 7) is 0.109.